The molecule has 1 heterocycles. The van der Waals surface area contributed by atoms with Crippen LogP contribution in [-0.4, -0.2) is 53.9 Å². The number of amides is 1. The van der Waals surface area contributed by atoms with Gasteiger partial charge in [0.1, 0.15) is 0 Å². The number of nitrogens with two attached hydrogens (primary N) is 2. The molecule has 4 unspecified atom stereocenters. The van der Waals surface area contributed by atoms with E-state index in [-0.39, 0.29) is 12.5 Å². The zero-order valence-electron chi connectivity index (χ0n) is 14.9. The average Bonchev–Trinajstić information content (AvgIpc) is 2.81. The van der Waals surface area contributed by atoms with E-state index in [4.69, 9.17) is 10.5 Å². The Kier molecular flexibility index (Phi) is 13.9. The Hall–Kier alpha value is -0.300. The maximum atomic E-state index is 10.0. The minimum Gasteiger partial charge on any atom is -0.390 e. The third-order valence-corrected chi connectivity index (χ3v) is 5.20. The summed E-state index contributed by atoms with van der Waals surface area (Å²) in [5, 5.41) is 10.0. The fourth-order valence-corrected chi connectivity index (χ4v) is 3.78. The van der Waals surface area contributed by atoms with Crippen LogP contribution in [0.2, 0.25) is 0 Å². The summed E-state index contributed by atoms with van der Waals surface area (Å²) in [6, 6.07) is -0.194. The number of rotatable bonds is 4. The number of primary amides is 1. The lowest BCUT2D eigenvalue weighted by Crippen LogP contribution is -2.48. The van der Waals surface area contributed by atoms with Gasteiger partial charge in [0.15, 0.2) is 0 Å². The van der Waals surface area contributed by atoms with Gasteiger partial charge in [-0.05, 0) is 31.2 Å². The number of hydrogen-bond acceptors (Lipinski definition) is 5. The van der Waals surface area contributed by atoms with Crippen LogP contribution >= 0.6 is 12.6 Å². The number of β-amino-alcohol motifs (C(OH)–C–C–N with tert-alkyl or cyclic N) is 1. The van der Waals surface area contributed by atoms with Gasteiger partial charge in [0.2, 0.25) is 6.41 Å². The normalized spacial score (nSPS) is 27.0. The molecular formula is C17H37N3O2S. The van der Waals surface area contributed by atoms with E-state index in [1.165, 1.54) is 45.1 Å². The molecular weight excluding hydrogens is 310 g/mol. The zero-order chi connectivity index (χ0) is 17.7. The topological polar surface area (TPSA) is 92.6 Å². The number of hydrogen-bond donors (Lipinski definition) is 4. The van der Waals surface area contributed by atoms with Crippen molar-refractivity contribution in [3.63, 3.8) is 0 Å². The molecule has 5 nitrogen and oxygen atoms in total. The maximum absolute atomic E-state index is 10.0. The van der Waals surface area contributed by atoms with E-state index >= 15 is 0 Å². The lowest BCUT2D eigenvalue weighted by atomic mass is 9.82. The standard InChI is InChI=1S/C14H28N2OS.C2H6.CH3NO/c15-13(10-18)14(17)9-16-7-6-11-4-2-1-3-5-12(11)8-16;1-2;2-1-3/h11-14,17-18H,1-10,15H2;1-2H3;1H,(H2,2,3). The highest BCUT2D eigenvalue weighted by Crippen LogP contribution is 2.34. The van der Waals surface area contributed by atoms with Crippen LogP contribution in [0.25, 0.3) is 0 Å². The highest BCUT2D eigenvalue weighted by molar-refractivity contribution is 7.80. The van der Waals surface area contributed by atoms with Crippen LogP contribution in [0.5, 0.6) is 0 Å². The second-order valence-corrected chi connectivity index (χ2v) is 6.62. The number of likely N-dealkylation sites (tertiary alicyclic amines) is 1. The summed E-state index contributed by atoms with van der Waals surface area (Å²) in [4.78, 5) is 11.0. The van der Waals surface area contributed by atoms with E-state index < -0.39 is 6.10 Å². The first kappa shape index (κ1) is 22.7. The van der Waals surface area contributed by atoms with Gasteiger partial charge in [-0.15, -0.1) is 0 Å². The van der Waals surface area contributed by atoms with Crippen molar-refractivity contribution in [3.8, 4) is 0 Å². The van der Waals surface area contributed by atoms with E-state index in [1.54, 1.807) is 0 Å². The smallest absolute Gasteiger partial charge is 0.204 e. The molecule has 23 heavy (non-hydrogen) atoms. The highest BCUT2D eigenvalue weighted by Gasteiger charge is 2.31. The summed E-state index contributed by atoms with van der Waals surface area (Å²) in [5.41, 5.74) is 10.0. The Bertz CT molecular complexity index is 295. The van der Waals surface area contributed by atoms with Gasteiger partial charge in [-0.1, -0.05) is 39.5 Å². The maximum Gasteiger partial charge on any atom is 0.204 e. The summed E-state index contributed by atoms with van der Waals surface area (Å²) in [6.07, 6.45) is 8.19. The first-order chi connectivity index (χ1) is 11.1. The molecule has 6 heteroatoms. The van der Waals surface area contributed by atoms with E-state index in [9.17, 15) is 5.11 Å². The molecule has 1 aliphatic carbocycles. The number of carbonyl (C=O) groups excluding carboxylic acids is 1. The number of thiol groups is 1. The van der Waals surface area contributed by atoms with Crippen LogP contribution in [0.4, 0.5) is 0 Å². The summed E-state index contributed by atoms with van der Waals surface area (Å²) in [5.74, 6) is 2.36. The van der Waals surface area contributed by atoms with Gasteiger partial charge in [0.05, 0.1) is 6.10 Å². The molecule has 0 aromatic heterocycles. The molecule has 0 bridgehead atoms. The number of piperidine rings is 1. The minimum absolute atomic E-state index is 0.194. The Balaban J connectivity index is 0.000000868. The molecule has 2 aliphatic rings. The number of aliphatic hydroxyl groups excluding tert-OH is 1. The summed E-state index contributed by atoms with van der Waals surface area (Å²) < 4.78 is 0. The number of carbonyl (C=O) groups is 1. The third-order valence-electron chi connectivity index (χ3n) is 4.78. The fourth-order valence-electron chi connectivity index (χ4n) is 3.54. The molecule has 0 spiro atoms. The predicted molar refractivity (Wildman–Crippen MR) is 101 cm³/mol. The lowest BCUT2D eigenvalue weighted by Gasteiger charge is -2.39. The first-order valence-corrected chi connectivity index (χ1v) is 9.67. The molecule has 0 aromatic carbocycles. The summed E-state index contributed by atoms with van der Waals surface area (Å²) >= 11 is 4.16. The van der Waals surface area contributed by atoms with Gasteiger partial charge in [-0.25, -0.2) is 0 Å². The van der Waals surface area contributed by atoms with Crippen LogP contribution < -0.4 is 11.5 Å². The van der Waals surface area contributed by atoms with E-state index in [1.807, 2.05) is 13.8 Å². The number of fused-ring (bicyclic) bond motifs is 1. The average molecular weight is 348 g/mol. The number of aliphatic hydroxyl groups is 1. The van der Waals surface area contributed by atoms with Gasteiger partial charge < -0.3 is 21.5 Å². The molecule has 1 aliphatic heterocycles. The van der Waals surface area contributed by atoms with Gasteiger partial charge in [-0.3, -0.25) is 4.79 Å². The van der Waals surface area contributed by atoms with E-state index in [0.29, 0.717) is 5.75 Å². The van der Waals surface area contributed by atoms with Gasteiger partial charge in [0, 0.05) is 24.9 Å². The summed E-state index contributed by atoms with van der Waals surface area (Å²) in [7, 11) is 0. The summed E-state index contributed by atoms with van der Waals surface area (Å²) in [6.45, 7) is 7.03. The van der Waals surface area contributed by atoms with Crippen molar-refractivity contribution in [2.75, 3.05) is 25.4 Å². The van der Waals surface area contributed by atoms with Crippen LogP contribution in [-0.2, 0) is 4.79 Å². The molecule has 1 saturated carbocycles. The molecule has 0 radical (unpaired) electrons. The number of nitrogens with zero attached hydrogens (tertiary/aromatic N) is 1. The van der Waals surface area contributed by atoms with E-state index in [0.717, 1.165) is 24.9 Å². The lowest BCUT2D eigenvalue weighted by molar-refractivity contribution is -0.106. The molecule has 4 atom stereocenters. The van der Waals surface area contributed by atoms with Crippen LogP contribution in [0.1, 0.15) is 52.4 Å². The van der Waals surface area contributed by atoms with Crippen molar-refractivity contribution in [1.82, 2.24) is 4.90 Å². The van der Waals surface area contributed by atoms with Crippen molar-refractivity contribution in [2.24, 2.45) is 23.3 Å². The molecule has 1 saturated heterocycles. The predicted octanol–water partition coefficient (Wildman–Crippen LogP) is 1.63. The van der Waals surface area contributed by atoms with Gasteiger partial charge in [-0.2, -0.15) is 12.6 Å². The largest absolute Gasteiger partial charge is 0.390 e. The Labute approximate surface area is 147 Å². The molecule has 0 aromatic rings. The zero-order valence-corrected chi connectivity index (χ0v) is 15.8. The monoisotopic (exact) mass is 347 g/mol. The quantitative estimate of drug-likeness (QED) is 0.459. The van der Waals surface area contributed by atoms with Crippen LogP contribution in [0, 0.1) is 11.8 Å². The molecule has 2 fully saturated rings. The van der Waals surface area contributed by atoms with E-state index in [2.05, 4.69) is 23.3 Å². The van der Waals surface area contributed by atoms with Crippen molar-refractivity contribution < 1.29 is 9.90 Å². The Morgan fingerprint density at radius 3 is 2.35 bits per heavy atom. The second-order valence-electron chi connectivity index (χ2n) is 6.26. The van der Waals surface area contributed by atoms with Crippen molar-refractivity contribution in [1.29, 1.82) is 0 Å². The molecule has 2 rings (SSSR count). The third kappa shape index (κ3) is 8.94. The highest BCUT2D eigenvalue weighted by atomic mass is 32.1. The van der Waals surface area contributed by atoms with Crippen molar-refractivity contribution in [3.05, 3.63) is 0 Å². The molecule has 138 valence electrons. The fraction of sp³-hybridized carbons (Fsp3) is 0.941. The van der Waals surface area contributed by atoms with Crippen molar-refractivity contribution >= 4 is 19.0 Å². The first-order valence-electron chi connectivity index (χ1n) is 9.04. The van der Waals surface area contributed by atoms with Crippen LogP contribution in [0.3, 0.4) is 0 Å². The van der Waals surface area contributed by atoms with Gasteiger partial charge in [0.25, 0.3) is 0 Å². The van der Waals surface area contributed by atoms with Crippen molar-refractivity contribution in [2.45, 2.75) is 64.5 Å². The second kappa shape index (κ2) is 14.1. The van der Waals surface area contributed by atoms with Crippen LogP contribution in [0.15, 0.2) is 0 Å². The molecule has 5 N–H and O–H groups in total. The Morgan fingerprint density at radius 2 is 1.78 bits per heavy atom. The SMILES string of the molecule is CC.NC(CS)C(O)CN1CCC2CCCCCC2C1.NC=O. The Morgan fingerprint density at radius 1 is 1.22 bits per heavy atom. The molecule has 1 amide bonds. The minimum atomic E-state index is -0.426. The van der Waals surface area contributed by atoms with Gasteiger partial charge >= 0.3 is 0 Å².